The van der Waals surface area contributed by atoms with E-state index >= 15 is 0 Å². The minimum absolute atomic E-state index is 0.000665. The molecule has 9 nitrogen and oxygen atoms in total. The Labute approximate surface area is 204 Å². The Bertz CT molecular complexity index is 1110. The number of Topliss-reactive ketones (excluding diaryl/α,β-unsaturated/α-hetero) is 1. The summed E-state index contributed by atoms with van der Waals surface area (Å²) in [6.07, 6.45) is 0.654. The molecule has 9 heteroatoms. The molecule has 2 aliphatic heterocycles. The van der Waals surface area contributed by atoms with Crippen molar-refractivity contribution < 1.29 is 34.0 Å². The number of benzene rings is 2. The van der Waals surface area contributed by atoms with Gasteiger partial charge in [0.2, 0.25) is 0 Å². The second-order valence-corrected chi connectivity index (χ2v) is 8.46. The number of aliphatic hydroxyl groups excluding tert-OH is 1. The molecule has 2 heterocycles. The van der Waals surface area contributed by atoms with E-state index in [0.29, 0.717) is 43.1 Å². The summed E-state index contributed by atoms with van der Waals surface area (Å²) < 4.78 is 15.8. The fourth-order valence-electron chi connectivity index (χ4n) is 4.52. The maximum atomic E-state index is 13.2. The van der Waals surface area contributed by atoms with Crippen LogP contribution in [0, 0.1) is 0 Å². The molecular formula is C26H30N2O7. The lowest BCUT2D eigenvalue weighted by molar-refractivity contribution is -0.140. The van der Waals surface area contributed by atoms with E-state index in [4.69, 9.17) is 14.2 Å². The number of ether oxygens (including phenoxy) is 3. The quantitative estimate of drug-likeness (QED) is 0.336. The van der Waals surface area contributed by atoms with Crippen molar-refractivity contribution in [3.8, 4) is 17.2 Å². The fourth-order valence-corrected chi connectivity index (χ4v) is 4.52. The van der Waals surface area contributed by atoms with Gasteiger partial charge in [-0.15, -0.1) is 0 Å². The van der Waals surface area contributed by atoms with Gasteiger partial charge >= 0.3 is 0 Å². The number of carbonyl (C=O) groups excluding carboxylic acids is 2. The second kappa shape index (κ2) is 10.8. The van der Waals surface area contributed by atoms with Crippen molar-refractivity contribution in [1.82, 2.24) is 9.80 Å². The van der Waals surface area contributed by atoms with Gasteiger partial charge in [0, 0.05) is 31.7 Å². The lowest BCUT2D eigenvalue weighted by Crippen LogP contribution is -2.38. The molecule has 35 heavy (non-hydrogen) atoms. The monoisotopic (exact) mass is 482 g/mol. The van der Waals surface area contributed by atoms with E-state index in [1.165, 1.54) is 25.2 Å². The smallest absolute Gasteiger partial charge is 0.295 e. The molecule has 0 aromatic heterocycles. The first-order valence-corrected chi connectivity index (χ1v) is 11.5. The molecule has 0 aliphatic carbocycles. The minimum atomic E-state index is -0.823. The maximum absolute atomic E-state index is 13.2. The average molecular weight is 483 g/mol. The average Bonchev–Trinajstić information content (AvgIpc) is 3.14. The number of aromatic hydroxyl groups is 1. The number of nitrogens with zero attached hydrogens (tertiary/aromatic N) is 2. The standard InChI is InChI=1S/C26H30N2O7/c1-33-19-7-4-17(5-8-19)24(30)22-23(18-6-9-20(29)21(16-18)34-2)28(26(32)25(22)31)11-3-10-27-12-14-35-15-13-27/h4-9,16,23,29-30H,3,10-15H2,1-2H3/b24-22+. The Morgan fingerprint density at radius 1 is 1.03 bits per heavy atom. The number of phenols is 1. The van der Waals surface area contributed by atoms with Crippen LogP contribution in [0.2, 0.25) is 0 Å². The summed E-state index contributed by atoms with van der Waals surface area (Å²) in [6, 6.07) is 10.5. The molecule has 2 saturated heterocycles. The number of hydrogen-bond acceptors (Lipinski definition) is 8. The highest BCUT2D eigenvalue weighted by molar-refractivity contribution is 6.46. The Hall–Kier alpha value is -3.56. The zero-order chi connectivity index (χ0) is 24.9. The fraction of sp³-hybridized carbons (Fsp3) is 0.385. The van der Waals surface area contributed by atoms with Gasteiger partial charge in [0.15, 0.2) is 11.5 Å². The number of phenolic OH excluding ortho intramolecular Hbond substituents is 1. The van der Waals surface area contributed by atoms with Crippen molar-refractivity contribution in [2.24, 2.45) is 0 Å². The van der Waals surface area contributed by atoms with E-state index in [1.54, 1.807) is 36.4 Å². The van der Waals surface area contributed by atoms with Crippen LogP contribution in [0.5, 0.6) is 17.2 Å². The van der Waals surface area contributed by atoms with Gasteiger partial charge in [0.05, 0.1) is 39.0 Å². The molecular weight excluding hydrogens is 452 g/mol. The van der Waals surface area contributed by atoms with Gasteiger partial charge in [-0.05, 0) is 48.4 Å². The van der Waals surface area contributed by atoms with E-state index in [2.05, 4.69) is 4.90 Å². The summed E-state index contributed by atoms with van der Waals surface area (Å²) in [4.78, 5) is 30.1. The normalized spacial score (nSPS) is 20.3. The topological polar surface area (TPSA) is 109 Å². The number of ketones is 1. The molecule has 0 saturated carbocycles. The molecule has 186 valence electrons. The highest BCUT2D eigenvalue weighted by Crippen LogP contribution is 2.42. The SMILES string of the molecule is COc1ccc(/C(O)=C2\C(=O)C(=O)N(CCCN3CCOCC3)C2c2ccc(O)c(OC)c2)cc1. The van der Waals surface area contributed by atoms with E-state index in [0.717, 1.165) is 19.6 Å². The maximum Gasteiger partial charge on any atom is 0.295 e. The Morgan fingerprint density at radius 3 is 2.40 bits per heavy atom. The first kappa shape index (κ1) is 24.6. The van der Waals surface area contributed by atoms with Gasteiger partial charge in [-0.3, -0.25) is 14.5 Å². The molecule has 1 unspecified atom stereocenters. The van der Waals surface area contributed by atoms with Gasteiger partial charge < -0.3 is 29.3 Å². The largest absolute Gasteiger partial charge is 0.507 e. The van der Waals surface area contributed by atoms with Crippen LogP contribution in [0.1, 0.15) is 23.6 Å². The van der Waals surface area contributed by atoms with Crippen molar-refractivity contribution in [1.29, 1.82) is 0 Å². The van der Waals surface area contributed by atoms with Gasteiger partial charge in [0.1, 0.15) is 11.5 Å². The predicted molar refractivity (Wildman–Crippen MR) is 129 cm³/mol. The molecule has 0 bridgehead atoms. The van der Waals surface area contributed by atoms with E-state index in [1.807, 2.05) is 0 Å². The van der Waals surface area contributed by atoms with Crippen LogP contribution in [0.25, 0.3) is 5.76 Å². The van der Waals surface area contributed by atoms with Crippen LogP contribution in [-0.4, -0.2) is 85.3 Å². The van der Waals surface area contributed by atoms with Crippen LogP contribution in [0.15, 0.2) is 48.0 Å². The van der Waals surface area contributed by atoms with Gasteiger partial charge in [0.25, 0.3) is 11.7 Å². The Morgan fingerprint density at radius 2 is 1.74 bits per heavy atom. The van der Waals surface area contributed by atoms with E-state index in [9.17, 15) is 19.8 Å². The zero-order valence-corrected chi connectivity index (χ0v) is 19.9. The third kappa shape index (κ3) is 5.11. The van der Waals surface area contributed by atoms with Crippen LogP contribution in [0.3, 0.4) is 0 Å². The summed E-state index contributed by atoms with van der Waals surface area (Å²) in [5.41, 5.74) is 0.951. The third-order valence-electron chi connectivity index (χ3n) is 6.40. The summed E-state index contributed by atoms with van der Waals surface area (Å²) in [7, 11) is 2.96. The molecule has 2 aromatic rings. The summed E-state index contributed by atoms with van der Waals surface area (Å²) in [6.45, 7) is 4.11. The van der Waals surface area contributed by atoms with Gasteiger partial charge in [-0.25, -0.2) is 0 Å². The molecule has 1 amide bonds. The van der Waals surface area contributed by atoms with Crippen LogP contribution in [-0.2, 0) is 14.3 Å². The molecule has 2 aromatic carbocycles. The van der Waals surface area contributed by atoms with Crippen LogP contribution < -0.4 is 9.47 Å². The molecule has 2 aliphatic rings. The molecule has 2 N–H and O–H groups in total. The number of rotatable bonds is 8. The number of likely N-dealkylation sites (tertiary alicyclic amines) is 1. The molecule has 0 radical (unpaired) electrons. The first-order chi connectivity index (χ1) is 16.9. The zero-order valence-electron chi connectivity index (χ0n) is 19.9. The predicted octanol–water partition coefficient (Wildman–Crippen LogP) is 2.55. The van der Waals surface area contributed by atoms with Crippen molar-refractivity contribution in [3.05, 3.63) is 59.2 Å². The number of aliphatic hydroxyl groups is 1. The van der Waals surface area contributed by atoms with Gasteiger partial charge in [-0.2, -0.15) is 0 Å². The molecule has 4 rings (SSSR count). The minimum Gasteiger partial charge on any atom is -0.507 e. The van der Waals surface area contributed by atoms with Crippen LogP contribution >= 0.6 is 0 Å². The number of amides is 1. The first-order valence-electron chi connectivity index (χ1n) is 11.5. The number of hydrogen-bond donors (Lipinski definition) is 2. The van der Waals surface area contributed by atoms with Crippen molar-refractivity contribution in [3.63, 3.8) is 0 Å². The Kier molecular flexibility index (Phi) is 7.57. The number of methoxy groups -OCH3 is 2. The van der Waals surface area contributed by atoms with Crippen LogP contribution in [0.4, 0.5) is 0 Å². The highest BCUT2D eigenvalue weighted by Gasteiger charge is 2.46. The molecule has 0 spiro atoms. The molecule has 2 fully saturated rings. The van der Waals surface area contributed by atoms with Crippen molar-refractivity contribution >= 4 is 17.4 Å². The number of carbonyl (C=O) groups is 2. The lowest BCUT2D eigenvalue weighted by atomic mass is 9.95. The van der Waals surface area contributed by atoms with E-state index < -0.39 is 17.7 Å². The third-order valence-corrected chi connectivity index (χ3v) is 6.40. The second-order valence-electron chi connectivity index (χ2n) is 8.46. The summed E-state index contributed by atoms with van der Waals surface area (Å²) in [5.74, 6) is -0.925. The van der Waals surface area contributed by atoms with Gasteiger partial charge in [-0.1, -0.05) is 6.07 Å². The summed E-state index contributed by atoms with van der Waals surface area (Å²) in [5, 5.41) is 21.2. The number of morpholine rings is 1. The highest BCUT2D eigenvalue weighted by atomic mass is 16.5. The lowest BCUT2D eigenvalue weighted by Gasteiger charge is -2.29. The van der Waals surface area contributed by atoms with Crippen molar-refractivity contribution in [2.75, 3.05) is 53.6 Å². The molecule has 1 atom stereocenters. The summed E-state index contributed by atoms with van der Waals surface area (Å²) >= 11 is 0. The van der Waals surface area contributed by atoms with Crippen molar-refractivity contribution in [2.45, 2.75) is 12.5 Å². The Balaban J connectivity index is 1.70. The van der Waals surface area contributed by atoms with E-state index in [-0.39, 0.29) is 22.8 Å².